The van der Waals surface area contributed by atoms with Crippen molar-refractivity contribution in [3.63, 3.8) is 0 Å². The van der Waals surface area contributed by atoms with Crippen molar-refractivity contribution in [3.8, 4) is 0 Å². The standard InChI is InChI=1S/C9H7NO/c11-6-7-1-2-9-8(5-7)3-4-10-9/h1-6,11H/p-1. The van der Waals surface area contributed by atoms with E-state index in [0.717, 1.165) is 17.2 Å². The fourth-order valence-corrected chi connectivity index (χ4v) is 1.10. The predicted octanol–water partition coefficient (Wildman–Crippen LogP) is -0.611. The van der Waals surface area contributed by atoms with Crippen LogP contribution in [0.3, 0.4) is 0 Å². The normalized spacial score (nSPS) is 14.7. The molecular formula is C9H6NO-. The minimum Gasteiger partial charge on any atom is -0.877 e. The third-order valence-electron chi connectivity index (χ3n) is 1.66. The van der Waals surface area contributed by atoms with Crippen LogP contribution in [-0.4, -0.2) is 0 Å². The molecule has 2 rings (SSSR count). The summed E-state index contributed by atoms with van der Waals surface area (Å²) in [5.74, 6) is 0. The van der Waals surface area contributed by atoms with Gasteiger partial charge in [0.2, 0.25) is 0 Å². The molecule has 0 spiro atoms. The summed E-state index contributed by atoms with van der Waals surface area (Å²) in [6.45, 7) is 0. The molecule has 1 aromatic carbocycles. The molecule has 1 aliphatic rings. The van der Waals surface area contributed by atoms with Crippen LogP contribution in [0.25, 0.3) is 12.3 Å². The molecule has 11 heavy (non-hydrogen) atoms. The summed E-state index contributed by atoms with van der Waals surface area (Å²) < 4.78 is 0. The number of hydrogen-bond acceptors (Lipinski definition) is 2. The van der Waals surface area contributed by atoms with Crippen LogP contribution in [0.2, 0.25) is 0 Å². The number of fused-ring (bicyclic) bond motifs is 1. The quantitative estimate of drug-likeness (QED) is 0.478. The maximum atomic E-state index is 10.4. The Morgan fingerprint density at radius 1 is 1.36 bits per heavy atom. The highest BCUT2D eigenvalue weighted by Gasteiger charge is 1.94. The zero-order valence-corrected chi connectivity index (χ0v) is 5.82. The van der Waals surface area contributed by atoms with Crippen LogP contribution >= 0.6 is 0 Å². The molecule has 0 amide bonds. The Kier molecular flexibility index (Phi) is 1.25. The SMILES string of the molecule is [O-]C=c1ccc2c(c1)C=CN=2. The van der Waals surface area contributed by atoms with Crippen molar-refractivity contribution in [3.05, 3.63) is 40.5 Å². The van der Waals surface area contributed by atoms with Gasteiger partial charge in [0.25, 0.3) is 0 Å². The van der Waals surface area contributed by atoms with Gasteiger partial charge in [0.1, 0.15) is 0 Å². The topological polar surface area (TPSA) is 35.4 Å². The molecule has 2 nitrogen and oxygen atoms in total. The third kappa shape index (κ3) is 0.923. The molecule has 0 unspecified atom stereocenters. The van der Waals surface area contributed by atoms with E-state index in [4.69, 9.17) is 0 Å². The summed E-state index contributed by atoms with van der Waals surface area (Å²) in [5.41, 5.74) is 1.02. The Bertz CT molecular complexity index is 418. The van der Waals surface area contributed by atoms with Gasteiger partial charge in [-0.25, -0.2) is 0 Å². The molecule has 0 aliphatic carbocycles. The lowest BCUT2D eigenvalue weighted by molar-refractivity contribution is -0.229. The summed E-state index contributed by atoms with van der Waals surface area (Å²) in [6, 6.07) is 5.44. The van der Waals surface area contributed by atoms with Gasteiger partial charge in [-0.15, -0.1) is 6.26 Å². The second-order valence-corrected chi connectivity index (χ2v) is 2.38. The summed E-state index contributed by atoms with van der Waals surface area (Å²) in [4.78, 5) is 4.08. The Labute approximate surface area is 63.8 Å². The van der Waals surface area contributed by atoms with Crippen LogP contribution in [-0.2, 0) is 0 Å². The first-order valence-corrected chi connectivity index (χ1v) is 3.37. The van der Waals surface area contributed by atoms with Gasteiger partial charge < -0.3 is 5.11 Å². The van der Waals surface area contributed by atoms with Gasteiger partial charge in [0.05, 0.1) is 5.36 Å². The monoisotopic (exact) mass is 144 g/mol. The van der Waals surface area contributed by atoms with Gasteiger partial charge in [0, 0.05) is 11.8 Å². The molecule has 0 aromatic heterocycles. The van der Waals surface area contributed by atoms with E-state index in [1.165, 1.54) is 0 Å². The molecule has 0 saturated heterocycles. The fourth-order valence-electron chi connectivity index (χ4n) is 1.10. The van der Waals surface area contributed by atoms with Crippen molar-refractivity contribution in [2.24, 2.45) is 4.99 Å². The lowest BCUT2D eigenvalue weighted by atomic mass is 10.2. The first kappa shape index (κ1) is 6.16. The largest absolute Gasteiger partial charge is 0.877 e. The van der Waals surface area contributed by atoms with Crippen LogP contribution < -0.4 is 15.7 Å². The van der Waals surface area contributed by atoms with Crippen LogP contribution in [0.15, 0.2) is 29.4 Å². The van der Waals surface area contributed by atoms with Crippen molar-refractivity contribution < 1.29 is 5.11 Å². The molecule has 0 N–H and O–H groups in total. The van der Waals surface area contributed by atoms with E-state index in [2.05, 4.69) is 4.99 Å². The number of rotatable bonds is 0. The van der Waals surface area contributed by atoms with Crippen molar-refractivity contribution in [1.29, 1.82) is 0 Å². The van der Waals surface area contributed by atoms with E-state index in [1.807, 2.05) is 18.2 Å². The molecule has 54 valence electrons. The van der Waals surface area contributed by atoms with Crippen molar-refractivity contribution in [2.75, 3.05) is 0 Å². The highest BCUT2D eigenvalue weighted by Crippen LogP contribution is 1.96. The number of nitrogens with zero attached hydrogens (tertiary/aromatic N) is 1. The average molecular weight is 144 g/mol. The Hall–Kier alpha value is -1.57. The molecule has 1 aromatic rings. The maximum Gasteiger partial charge on any atom is 0.0702 e. The van der Waals surface area contributed by atoms with Gasteiger partial charge in [-0.2, -0.15) is 0 Å². The number of benzene rings is 1. The van der Waals surface area contributed by atoms with Crippen molar-refractivity contribution in [1.82, 2.24) is 0 Å². The summed E-state index contributed by atoms with van der Waals surface area (Å²) in [6.07, 6.45) is 4.47. The Morgan fingerprint density at radius 3 is 3.09 bits per heavy atom. The van der Waals surface area contributed by atoms with Crippen LogP contribution in [0.1, 0.15) is 5.56 Å². The summed E-state index contributed by atoms with van der Waals surface area (Å²) in [5, 5.41) is 12.0. The predicted molar refractivity (Wildman–Crippen MR) is 40.7 cm³/mol. The highest BCUT2D eigenvalue weighted by molar-refractivity contribution is 5.51. The van der Waals surface area contributed by atoms with E-state index in [-0.39, 0.29) is 0 Å². The second-order valence-electron chi connectivity index (χ2n) is 2.38. The fraction of sp³-hybridized carbons (Fsp3) is 0. The molecule has 1 aliphatic heterocycles. The smallest absolute Gasteiger partial charge is 0.0702 e. The zero-order chi connectivity index (χ0) is 7.68. The van der Waals surface area contributed by atoms with Gasteiger partial charge in [-0.3, -0.25) is 4.99 Å². The average Bonchev–Trinajstić information content (AvgIpc) is 2.50. The van der Waals surface area contributed by atoms with E-state index in [9.17, 15) is 5.11 Å². The summed E-state index contributed by atoms with van der Waals surface area (Å²) in [7, 11) is 0. The molecule has 2 heteroatoms. The molecular weight excluding hydrogens is 138 g/mol. The molecule has 0 fully saturated rings. The lowest BCUT2D eigenvalue weighted by Gasteiger charge is -1.92. The van der Waals surface area contributed by atoms with Gasteiger partial charge >= 0.3 is 0 Å². The van der Waals surface area contributed by atoms with Gasteiger partial charge in [-0.1, -0.05) is 6.07 Å². The van der Waals surface area contributed by atoms with Crippen LogP contribution in [0.5, 0.6) is 0 Å². The Balaban J connectivity index is 2.79. The van der Waals surface area contributed by atoms with Crippen molar-refractivity contribution in [2.45, 2.75) is 0 Å². The third-order valence-corrected chi connectivity index (χ3v) is 1.66. The minimum atomic E-state index is 0.700. The van der Waals surface area contributed by atoms with E-state index >= 15 is 0 Å². The highest BCUT2D eigenvalue weighted by atomic mass is 16.2. The first-order chi connectivity index (χ1) is 5.40. The lowest BCUT2D eigenvalue weighted by Crippen LogP contribution is -2.12. The molecule has 0 bridgehead atoms. The van der Waals surface area contributed by atoms with Crippen LogP contribution in [0.4, 0.5) is 0 Å². The van der Waals surface area contributed by atoms with Gasteiger partial charge in [0.15, 0.2) is 0 Å². The first-order valence-electron chi connectivity index (χ1n) is 3.37. The van der Waals surface area contributed by atoms with Gasteiger partial charge in [-0.05, 0) is 23.4 Å². The van der Waals surface area contributed by atoms with E-state index < -0.39 is 0 Å². The molecule has 0 atom stereocenters. The zero-order valence-electron chi connectivity index (χ0n) is 5.82. The van der Waals surface area contributed by atoms with Crippen molar-refractivity contribution >= 4 is 12.3 Å². The van der Waals surface area contributed by atoms with E-state index in [1.54, 1.807) is 12.3 Å². The Morgan fingerprint density at radius 2 is 2.27 bits per heavy atom. The molecule has 0 radical (unpaired) electrons. The molecule has 0 saturated carbocycles. The minimum absolute atomic E-state index is 0.700. The second kappa shape index (κ2) is 2.23. The molecule has 1 heterocycles. The van der Waals surface area contributed by atoms with E-state index in [0.29, 0.717) is 5.22 Å². The summed E-state index contributed by atoms with van der Waals surface area (Å²) >= 11 is 0. The van der Waals surface area contributed by atoms with Crippen LogP contribution in [0, 0.1) is 0 Å². The number of hydrogen-bond donors (Lipinski definition) is 0. The maximum absolute atomic E-state index is 10.4.